The fraction of sp³-hybridized carbons (Fsp3) is 0.0833. The second kappa shape index (κ2) is 5.24. The molecule has 2 aromatic rings. The van der Waals surface area contributed by atoms with Crippen LogP contribution in [0.3, 0.4) is 0 Å². The number of benzene rings is 1. The molecule has 0 radical (unpaired) electrons. The van der Waals surface area contributed by atoms with Crippen LogP contribution in [0, 0.1) is 0 Å². The molecule has 0 saturated heterocycles. The Kier molecular flexibility index (Phi) is 3.49. The number of carbonyl (C=O) groups excluding carboxylic acids is 1. The summed E-state index contributed by atoms with van der Waals surface area (Å²) in [5, 5.41) is 8.85. The Hall–Kier alpha value is -2.47. The molecule has 0 fully saturated rings. The highest BCUT2D eigenvalue weighted by atomic mass is 16.5. The summed E-state index contributed by atoms with van der Waals surface area (Å²) in [4.78, 5) is 19.0. The van der Waals surface area contributed by atoms with Gasteiger partial charge in [0.2, 0.25) is 0 Å². The quantitative estimate of drug-likeness (QED) is 0.832. The first-order valence-electron chi connectivity index (χ1n) is 5.19. The number of rotatable bonds is 4. The Morgan fingerprint density at radius 3 is 2.56 bits per heavy atom. The van der Waals surface area contributed by atoms with E-state index in [9.17, 15) is 4.79 Å². The van der Waals surface area contributed by atoms with Crippen molar-refractivity contribution in [2.45, 2.75) is 6.61 Å². The SMILES string of the molecule is NC(=O)c1ccccc1Oc1ncc(CO)cn1. The van der Waals surface area contributed by atoms with Crippen molar-refractivity contribution in [2.24, 2.45) is 5.73 Å². The summed E-state index contributed by atoms with van der Waals surface area (Å²) in [6.45, 7) is -0.141. The Morgan fingerprint density at radius 2 is 1.94 bits per heavy atom. The summed E-state index contributed by atoms with van der Waals surface area (Å²) in [6, 6.07) is 6.64. The predicted molar refractivity (Wildman–Crippen MR) is 63.0 cm³/mol. The Morgan fingerprint density at radius 1 is 1.28 bits per heavy atom. The largest absolute Gasteiger partial charge is 0.423 e. The number of ether oxygens (including phenoxy) is 1. The lowest BCUT2D eigenvalue weighted by molar-refractivity contribution is 0.0998. The van der Waals surface area contributed by atoms with Gasteiger partial charge in [0.15, 0.2) is 0 Å². The predicted octanol–water partition coefficient (Wildman–Crippen LogP) is 0.860. The van der Waals surface area contributed by atoms with Crippen molar-refractivity contribution in [3.8, 4) is 11.8 Å². The number of hydrogen-bond acceptors (Lipinski definition) is 5. The third-order valence-electron chi connectivity index (χ3n) is 2.22. The van der Waals surface area contributed by atoms with Gasteiger partial charge in [-0.25, -0.2) is 9.97 Å². The number of carbonyl (C=O) groups is 1. The third-order valence-corrected chi connectivity index (χ3v) is 2.22. The number of primary amides is 1. The standard InChI is InChI=1S/C12H11N3O3/c13-11(17)9-3-1-2-4-10(9)18-12-14-5-8(7-16)6-15-12/h1-6,16H,7H2,(H2,13,17). The maximum atomic E-state index is 11.2. The second-order valence-electron chi connectivity index (χ2n) is 3.49. The van der Waals surface area contributed by atoms with E-state index < -0.39 is 5.91 Å². The highest BCUT2D eigenvalue weighted by molar-refractivity contribution is 5.95. The molecule has 18 heavy (non-hydrogen) atoms. The molecular weight excluding hydrogens is 234 g/mol. The van der Waals surface area contributed by atoms with Crippen LogP contribution in [-0.2, 0) is 6.61 Å². The van der Waals surface area contributed by atoms with Gasteiger partial charge in [-0.2, -0.15) is 0 Å². The third kappa shape index (κ3) is 2.61. The minimum absolute atomic E-state index is 0.0842. The minimum Gasteiger partial charge on any atom is -0.423 e. The topological polar surface area (TPSA) is 98.3 Å². The number of para-hydroxylation sites is 1. The van der Waals surface area contributed by atoms with Crippen molar-refractivity contribution in [3.63, 3.8) is 0 Å². The maximum absolute atomic E-state index is 11.2. The summed E-state index contributed by atoms with van der Waals surface area (Å²) in [7, 11) is 0. The van der Waals surface area contributed by atoms with Crippen LogP contribution in [-0.4, -0.2) is 21.0 Å². The van der Waals surface area contributed by atoms with E-state index in [0.717, 1.165) is 0 Å². The van der Waals surface area contributed by atoms with Crippen molar-refractivity contribution >= 4 is 5.91 Å². The Bertz CT molecular complexity index is 555. The molecule has 0 aliphatic carbocycles. The van der Waals surface area contributed by atoms with Gasteiger partial charge in [0.25, 0.3) is 5.91 Å². The molecule has 0 aliphatic rings. The first kappa shape index (κ1) is 12.0. The van der Waals surface area contributed by atoms with Gasteiger partial charge >= 0.3 is 6.01 Å². The fourth-order valence-electron chi connectivity index (χ4n) is 1.33. The lowest BCUT2D eigenvalue weighted by Crippen LogP contribution is -2.12. The normalized spacial score (nSPS) is 10.1. The summed E-state index contributed by atoms with van der Waals surface area (Å²) in [5.41, 5.74) is 6.05. The van der Waals surface area contributed by atoms with Crippen molar-refractivity contribution < 1.29 is 14.6 Å². The van der Waals surface area contributed by atoms with Crippen LogP contribution in [0.1, 0.15) is 15.9 Å². The zero-order valence-corrected chi connectivity index (χ0v) is 9.41. The number of nitrogens with two attached hydrogens (primary N) is 1. The van der Waals surface area contributed by atoms with Crippen molar-refractivity contribution in [1.29, 1.82) is 0 Å². The van der Waals surface area contributed by atoms with Crippen LogP contribution >= 0.6 is 0 Å². The van der Waals surface area contributed by atoms with E-state index >= 15 is 0 Å². The molecule has 6 nitrogen and oxygen atoms in total. The molecule has 6 heteroatoms. The molecule has 1 aromatic carbocycles. The van der Waals surface area contributed by atoms with Crippen molar-refractivity contribution in [1.82, 2.24) is 9.97 Å². The zero-order chi connectivity index (χ0) is 13.0. The van der Waals surface area contributed by atoms with E-state index in [-0.39, 0.29) is 18.2 Å². The fourth-order valence-corrected chi connectivity index (χ4v) is 1.33. The summed E-state index contributed by atoms with van der Waals surface area (Å²) < 4.78 is 5.37. The van der Waals surface area contributed by atoms with E-state index in [1.807, 2.05) is 0 Å². The first-order chi connectivity index (χ1) is 8.70. The summed E-state index contributed by atoms with van der Waals surface area (Å²) in [5.74, 6) is -0.292. The molecule has 2 rings (SSSR count). The van der Waals surface area contributed by atoms with Gasteiger partial charge in [-0.3, -0.25) is 4.79 Å². The van der Waals surface area contributed by atoms with E-state index in [2.05, 4.69) is 9.97 Å². The molecule has 0 bridgehead atoms. The molecule has 0 unspecified atom stereocenters. The van der Waals surface area contributed by atoms with Gasteiger partial charge in [-0.05, 0) is 12.1 Å². The zero-order valence-electron chi connectivity index (χ0n) is 9.41. The van der Waals surface area contributed by atoms with Crippen LogP contribution in [0.5, 0.6) is 11.8 Å². The van der Waals surface area contributed by atoms with Crippen LogP contribution < -0.4 is 10.5 Å². The molecule has 0 saturated carbocycles. The first-order valence-corrected chi connectivity index (χ1v) is 5.19. The van der Waals surface area contributed by atoms with E-state index in [0.29, 0.717) is 11.3 Å². The number of aliphatic hydroxyl groups excluding tert-OH is 1. The molecule has 1 amide bonds. The van der Waals surface area contributed by atoms with Crippen LogP contribution in [0.4, 0.5) is 0 Å². The molecule has 0 spiro atoms. The molecular formula is C12H11N3O3. The summed E-state index contributed by atoms with van der Waals surface area (Å²) >= 11 is 0. The van der Waals surface area contributed by atoms with Crippen LogP contribution in [0.25, 0.3) is 0 Å². The van der Waals surface area contributed by atoms with E-state index in [4.69, 9.17) is 15.6 Å². The number of nitrogens with zero attached hydrogens (tertiary/aromatic N) is 2. The average Bonchev–Trinajstić information content (AvgIpc) is 2.40. The highest BCUT2D eigenvalue weighted by Gasteiger charge is 2.10. The summed E-state index contributed by atoms with van der Waals surface area (Å²) in [6.07, 6.45) is 2.88. The molecule has 0 aliphatic heterocycles. The highest BCUT2D eigenvalue weighted by Crippen LogP contribution is 2.21. The number of aliphatic hydroxyl groups is 1. The van der Waals surface area contributed by atoms with E-state index in [1.54, 1.807) is 24.3 Å². The molecule has 1 aromatic heterocycles. The van der Waals surface area contributed by atoms with E-state index in [1.165, 1.54) is 12.4 Å². The number of amides is 1. The van der Waals surface area contributed by atoms with Gasteiger partial charge in [0, 0.05) is 18.0 Å². The molecule has 1 heterocycles. The van der Waals surface area contributed by atoms with Gasteiger partial charge in [-0.1, -0.05) is 12.1 Å². The van der Waals surface area contributed by atoms with Gasteiger partial charge in [0.1, 0.15) is 5.75 Å². The van der Waals surface area contributed by atoms with Crippen molar-refractivity contribution in [2.75, 3.05) is 0 Å². The van der Waals surface area contributed by atoms with Gasteiger partial charge in [-0.15, -0.1) is 0 Å². The van der Waals surface area contributed by atoms with Crippen molar-refractivity contribution in [3.05, 3.63) is 47.8 Å². The van der Waals surface area contributed by atoms with Gasteiger partial charge in [0.05, 0.1) is 12.2 Å². The monoisotopic (exact) mass is 245 g/mol. The number of aromatic nitrogens is 2. The maximum Gasteiger partial charge on any atom is 0.321 e. The van der Waals surface area contributed by atoms with Gasteiger partial charge < -0.3 is 15.6 Å². The van der Waals surface area contributed by atoms with Crippen LogP contribution in [0.2, 0.25) is 0 Å². The Labute approximate surface area is 103 Å². The lowest BCUT2D eigenvalue weighted by Gasteiger charge is -2.07. The smallest absolute Gasteiger partial charge is 0.321 e. The van der Waals surface area contributed by atoms with Crippen LogP contribution in [0.15, 0.2) is 36.7 Å². The minimum atomic E-state index is -0.586. The molecule has 0 atom stereocenters. The average molecular weight is 245 g/mol. The molecule has 3 N–H and O–H groups in total. The number of hydrogen-bond donors (Lipinski definition) is 2. The lowest BCUT2D eigenvalue weighted by atomic mass is 10.2. The Balaban J connectivity index is 2.25. The molecule has 92 valence electrons. The second-order valence-corrected chi connectivity index (χ2v) is 3.49.